The molecule has 1 aliphatic rings. The highest BCUT2D eigenvalue weighted by atomic mass is 16.4. The molecule has 2 rings (SSSR count). The number of amides is 1. The van der Waals surface area contributed by atoms with Crippen LogP contribution in [0.25, 0.3) is 0 Å². The third-order valence-electron chi connectivity index (χ3n) is 2.30. The predicted molar refractivity (Wildman–Crippen MR) is 51.2 cm³/mol. The Labute approximate surface area is 81.1 Å². The van der Waals surface area contributed by atoms with E-state index in [1.807, 2.05) is 0 Å². The zero-order chi connectivity index (χ0) is 10.3. The fraction of sp³-hybridized carbons (Fsp3) is 0.250. The molecule has 0 saturated carbocycles. The van der Waals surface area contributed by atoms with Crippen molar-refractivity contribution in [1.82, 2.24) is 4.98 Å². The molecule has 2 heterocycles. The third kappa shape index (κ3) is 1.28. The van der Waals surface area contributed by atoms with Gasteiger partial charge in [0.05, 0.1) is 6.42 Å². The van der Waals surface area contributed by atoms with Gasteiger partial charge < -0.3 is 10.0 Å². The van der Waals surface area contributed by atoms with Gasteiger partial charge in [-0.05, 0) is 0 Å². The van der Waals surface area contributed by atoms with Gasteiger partial charge in [0.25, 0.3) is 0 Å². The number of fused-ring (bicyclic) bond motifs is 1. The highest BCUT2D eigenvalue weighted by molar-refractivity contribution is 6.58. The van der Waals surface area contributed by atoms with Crippen molar-refractivity contribution in [2.75, 3.05) is 11.9 Å². The lowest BCUT2D eigenvalue weighted by molar-refractivity contribution is -0.117. The van der Waals surface area contributed by atoms with Crippen molar-refractivity contribution in [3.8, 4) is 0 Å². The van der Waals surface area contributed by atoms with Crippen LogP contribution in [0, 0.1) is 0 Å². The molecule has 0 fully saturated rings. The number of nitrogens with zero attached hydrogens (tertiary/aromatic N) is 2. The minimum atomic E-state index is -1.53. The molecule has 0 atom stereocenters. The average molecular weight is 192 g/mol. The van der Waals surface area contributed by atoms with E-state index in [0.29, 0.717) is 11.3 Å². The van der Waals surface area contributed by atoms with E-state index >= 15 is 0 Å². The lowest BCUT2D eigenvalue weighted by Gasteiger charge is -2.08. The van der Waals surface area contributed by atoms with Gasteiger partial charge in [-0.3, -0.25) is 9.69 Å². The van der Waals surface area contributed by atoms with Crippen LogP contribution in [0.5, 0.6) is 0 Å². The normalized spacial score (nSPS) is 14.5. The van der Waals surface area contributed by atoms with E-state index in [4.69, 9.17) is 10.0 Å². The minimum absolute atomic E-state index is 0.0305. The highest BCUT2D eigenvalue weighted by Gasteiger charge is 2.26. The minimum Gasteiger partial charge on any atom is -0.423 e. The smallest absolute Gasteiger partial charge is 0.423 e. The van der Waals surface area contributed by atoms with E-state index < -0.39 is 7.12 Å². The molecule has 2 N–H and O–H groups in total. The number of hydrogen-bond donors (Lipinski definition) is 2. The number of aromatic nitrogens is 1. The number of anilines is 1. The monoisotopic (exact) mass is 192 g/mol. The molecule has 0 aliphatic carbocycles. The first-order chi connectivity index (χ1) is 6.59. The van der Waals surface area contributed by atoms with Crippen molar-refractivity contribution in [2.45, 2.75) is 6.42 Å². The summed E-state index contributed by atoms with van der Waals surface area (Å²) in [5, 5.41) is 17.8. The number of likely N-dealkylation sites (N-methyl/N-ethyl adjacent to an activating group) is 1. The lowest BCUT2D eigenvalue weighted by Crippen LogP contribution is -2.30. The van der Waals surface area contributed by atoms with Gasteiger partial charge in [0.1, 0.15) is 5.82 Å². The first-order valence-electron chi connectivity index (χ1n) is 4.21. The molecule has 14 heavy (non-hydrogen) atoms. The topological polar surface area (TPSA) is 73.7 Å². The maximum absolute atomic E-state index is 11.3. The van der Waals surface area contributed by atoms with E-state index in [-0.39, 0.29) is 12.3 Å². The second-order valence-corrected chi connectivity index (χ2v) is 3.25. The fourth-order valence-electron chi connectivity index (χ4n) is 1.49. The predicted octanol–water partition coefficient (Wildman–Crippen LogP) is -1.72. The average Bonchev–Trinajstić information content (AvgIpc) is 2.42. The second kappa shape index (κ2) is 3.07. The SMILES string of the molecule is CN1C(=O)Cc2cc(B(O)O)cnc21. The first kappa shape index (κ1) is 9.17. The van der Waals surface area contributed by atoms with Gasteiger partial charge in [-0.1, -0.05) is 6.07 Å². The van der Waals surface area contributed by atoms with E-state index in [1.165, 1.54) is 11.1 Å². The van der Waals surface area contributed by atoms with Gasteiger partial charge in [-0.25, -0.2) is 4.98 Å². The molecule has 0 bridgehead atoms. The van der Waals surface area contributed by atoms with Crippen LogP contribution in [0.2, 0.25) is 0 Å². The van der Waals surface area contributed by atoms with Crippen molar-refractivity contribution in [3.63, 3.8) is 0 Å². The van der Waals surface area contributed by atoms with Crippen molar-refractivity contribution in [1.29, 1.82) is 0 Å². The molecule has 72 valence electrons. The molecule has 1 amide bonds. The summed E-state index contributed by atoms with van der Waals surface area (Å²) in [7, 11) is 0.116. The van der Waals surface area contributed by atoms with Gasteiger partial charge in [0.15, 0.2) is 0 Å². The summed E-state index contributed by atoms with van der Waals surface area (Å²) in [5.74, 6) is 0.566. The van der Waals surface area contributed by atoms with Gasteiger partial charge >= 0.3 is 7.12 Å². The van der Waals surface area contributed by atoms with E-state index in [2.05, 4.69) is 4.98 Å². The summed E-state index contributed by atoms with van der Waals surface area (Å²) in [5.41, 5.74) is 1.05. The van der Waals surface area contributed by atoms with Gasteiger partial charge in [-0.15, -0.1) is 0 Å². The fourth-order valence-corrected chi connectivity index (χ4v) is 1.49. The second-order valence-electron chi connectivity index (χ2n) is 3.25. The van der Waals surface area contributed by atoms with Gasteiger partial charge in [0, 0.05) is 24.3 Å². The molecule has 1 aromatic heterocycles. The van der Waals surface area contributed by atoms with Gasteiger partial charge in [0.2, 0.25) is 5.91 Å². The zero-order valence-corrected chi connectivity index (χ0v) is 7.64. The van der Waals surface area contributed by atoms with Crippen LogP contribution in [-0.4, -0.2) is 35.1 Å². The maximum atomic E-state index is 11.3. The quantitative estimate of drug-likeness (QED) is 0.519. The zero-order valence-electron chi connectivity index (χ0n) is 7.64. The molecule has 1 aliphatic heterocycles. The molecular formula is C8H9BN2O3. The molecule has 1 aromatic rings. The molecule has 0 spiro atoms. The Morgan fingerprint density at radius 2 is 2.29 bits per heavy atom. The number of rotatable bonds is 1. The molecule has 0 radical (unpaired) electrons. The van der Waals surface area contributed by atoms with E-state index in [9.17, 15) is 4.79 Å². The number of carbonyl (C=O) groups is 1. The van der Waals surface area contributed by atoms with Crippen LogP contribution >= 0.6 is 0 Å². The molecule has 5 nitrogen and oxygen atoms in total. The molecule has 0 saturated heterocycles. The summed E-state index contributed by atoms with van der Waals surface area (Å²) >= 11 is 0. The van der Waals surface area contributed by atoms with Crippen LogP contribution in [0.15, 0.2) is 12.3 Å². The van der Waals surface area contributed by atoms with Crippen LogP contribution in [0.3, 0.4) is 0 Å². The summed E-state index contributed by atoms with van der Waals surface area (Å²) in [4.78, 5) is 16.7. The Hall–Kier alpha value is -1.40. The van der Waals surface area contributed by atoms with Gasteiger partial charge in [-0.2, -0.15) is 0 Å². The van der Waals surface area contributed by atoms with Crippen molar-refractivity contribution >= 4 is 24.3 Å². The highest BCUT2D eigenvalue weighted by Crippen LogP contribution is 2.23. The van der Waals surface area contributed by atoms with Crippen LogP contribution < -0.4 is 10.4 Å². The molecule has 0 aromatic carbocycles. The standard InChI is InChI=1S/C8H9BN2O3/c1-11-7(12)3-5-2-6(9(13)14)4-10-8(5)11/h2,4,13-14H,3H2,1H3. The number of pyridine rings is 1. The van der Waals surface area contributed by atoms with E-state index in [0.717, 1.165) is 5.56 Å². The summed E-state index contributed by atoms with van der Waals surface area (Å²) in [6.45, 7) is 0. The Balaban J connectivity index is 2.44. The van der Waals surface area contributed by atoms with Crippen molar-refractivity contribution < 1.29 is 14.8 Å². The Kier molecular flexibility index (Phi) is 2.01. The first-order valence-corrected chi connectivity index (χ1v) is 4.21. The van der Waals surface area contributed by atoms with Crippen LogP contribution in [-0.2, 0) is 11.2 Å². The molecule has 0 unspecified atom stereocenters. The third-order valence-corrected chi connectivity index (χ3v) is 2.30. The molecular weight excluding hydrogens is 183 g/mol. The van der Waals surface area contributed by atoms with E-state index in [1.54, 1.807) is 13.1 Å². The largest absolute Gasteiger partial charge is 0.490 e. The number of carbonyl (C=O) groups excluding carboxylic acids is 1. The maximum Gasteiger partial charge on any atom is 0.490 e. The number of hydrogen-bond acceptors (Lipinski definition) is 4. The summed E-state index contributed by atoms with van der Waals surface area (Å²) in [6.07, 6.45) is 1.64. The molecule has 6 heteroatoms. The summed E-state index contributed by atoms with van der Waals surface area (Å²) in [6, 6.07) is 1.59. The lowest BCUT2D eigenvalue weighted by atomic mass is 9.81. The van der Waals surface area contributed by atoms with Crippen molar-refractivity contribution in [2.24, 2.45) is 0 Å². The van der Waals surface area contributed by atoms with Crippen LogP contribution in [0.1, 0.15) is 5.56 Å². The van der Waals surface area contributed by atoms with Crippen molar-refractivity contribution in [3.05, 3.63) is 17.8 Å². The van der Waals surface area contributed by atoms with Crippen LogP contribution in [0.4, 0.5) is 5.82 Å². The Morgan fingerprint density at radius 3 is 2.93 bits per heavy atom. The summed E-state index contributed by atoms with van der Waals surface area (Å²) < 4.78 is 0. The Morgan fingerprint density at radius 1 is 1.57 bits per heavy atom. The Bertz CT molecular complexity index is 394.